The fourth-order valence-electron chi connectivity index (χ4n) is 1.81. The molecule has 106 valence electrons. The summed E-state index contributed by atoms with van der Waals surface area (Å²) in [4.78, 5) is 0. The third-order valence-corrected chi connectivity index (χ3v) is 3.54. The molecular formula is C17H19IO2. The third kappa shape index (κ3) is 6.03. The molecule has 2 nitrogen and oxygen atoms in total. The highest BCUT2D eigenvalue weighted by Crippen LogP contribution is 2.08. The van der Waals surface area contributed by atoms with Gasteiger partial charge in [0.1, 0.15) is 0 Å². The normalized spacial score (nSPS) is 10.9. The van der Waals surface area contributed by atoms with Crippen molar-refractivity contribution in [3.8, 4) is 0 Å². The predicted octanol–water partition coefficient (Wildman–Crippen LogP) is 4.22. The van der Waals surface area contributed by atoms with Gasteiger partial charge in [0.2, 0.25) is 0 Å². The minimum absolute atomic E-state index is 0.375. The van der Waals surface area contributed by atoms with Gasteiger partial charge in [0.15, 0.2) is 0 Å². The van der Waals surface area contributed by atoms with E-state index < -0.39 is 0 Å². The lowest BCUT2D eigenvalue weighted by atomic mass is 10.2. The quantitative estimate of drug-likeness (QED) is 0.503. The molecule has 0 amide bonds. The van der Waals surface area contributed by atoms with Crippen LogP contribution in [0.4, 0.5) is 0 Å². The summed E-state index contributed by atoms with van der Waals surface area (Å²) in [6.45, 7) is 2.76. The highest BCUT2D eigenvalue weighted by molar-refractivity contribution is 14.1. The monoisotopic (exact) mass is 382 g/mol. The van der Waals surface area contributed by atoms with Crippen LogP contribution in [0.3, 0.4) is 0 Å². The topological polar surface area (TPSA) is 18.5 Å². The third-order valence-electron chi connectivity index (χ3n) is 2.82. The SMILES string of the molecule is IC(COCc1ccccc1)COCc1ccccc1. The molecule has 20 heavy (non-hydrogen) atoms. The van der Waals surface area contributed by atoms with E-state index in [9.17, 15) is 0 Å². The molecule has 2 aromatic rings. The van der Waals surface area contributed by atoms with E-state index in [1.807, 2.05) is 36.4 Å². The summed E-state index contributed by atoms with van der Waals surface area (Å²) in [6, 6.07) is 20.5. The van der Waals surface area contributed by atoms with Crippen LogP contribution in [0, 0.1) is 0 Å². The number of alkyl halides is 1. The van der Waals surface area contributed by atoms with Gasteiger partial charge in [-0.3, -0.25) is 0 Å². The van der Waals surface area contributed by atoms with Crippen molar-refractivity contribution in [3.05, 3.63) is 71.8 Å². The summed E-state index contributed by atoms with van der Waals surface area (Å²) < 4.78 is 11.8. The second-order valence-corrected chi connectivity index (χ2v) is 6.36. The second kappa shape index (κ2) is 9.10. The van der Waals surface area contributed by atoms with Gasteiger partial charge >= 0.3 is 0 Å². The minimum atomic E-state index is 0.375. The largest absolute Gasteiger partial charge is 0.376 e. The van der Waals surface area contributed by atoms with Crippen LogP contribution in [-0.2, 0) is 22.7 Å². The first kappa shape index (κ1) is 15.5. The van der Waals surface area contributed by atoms with E-state index in [2.05, 4.69) is 46.9 Å². The average molecular weight is 382 g/mol. The first-order valence-electron chi connectivity index (χ1n) is 6.72. The zero-order chi connectivity index (χ0) is 14.0. The first-order chi connectivity index (χ1) is 9.84. The molecule has 0 atom stereocenters. The number of halogens is 1. The van der Waals surface area contributed by atoms with E-state index >= 15 is 0 Å². The highest BCUT2D eigenvalue weighted by Gasteiger charge is 2.05. The molecule has 0 unspecified atom stereocenters. The van der Waals surface area contributed by atoms with Crippen molar-refractivity contribution >= 4 is 22.6 Å². The summed E-state index contributed by atoms with van der Waals surface area (Å²) in [6.07, 6.45) is 0. The van der Waals surface area contributed by atoms with Gasteiger partial charge in [-0.2, -0.15) is 0 Å². The number of hydrogen-bond donors (Lipinski definition) is 0. The van der Waals surface area contributed by atoms with Gasteiger partial charge in [0.05, 0.1) is 30.4 Å². The summed E-state index contributed by atoms with van der Waals surface area (Å²) in [5.74, 6) is 0. The Kier molecular flexibility index (Phi) is 7.05. The van der Waals surface area contributed by atoms with Gasteiger partial charge in [0.25, 0.3) is 0 Å². The van der Waals surface area contributed by atoms with E-state index in [0.29, 0.717) is 30.4 Å². The van der Waals surface area contributed by atoms with Gasteiger partial charge in [-0.05, 0) is 11.1 Å². The lowest BCUT2D eigenvalue weighted by molar-refractivity contribution is 0.0781. The second-order valence-electron chi connectivity index (χ2n) is 4.60. The molecule has 0 heterocycles. The summed E-state index contributed by atoms with van der Waals surface area (Å²) in [7, 11) is 0. The Morgan fingerprint density at radius 2 is 1.10 bits per heavy atom. The number of rotatable bonds is 8. The summed E-state index contributed by atoms with van der Waals surface area (Å²) in [5, 5.41) is 0. The van der Waals surface area contributed by atoms with Crippen molar-refractivity contribution in [1.82, 2.24) is 0 Å². The van der Waals surface area contributed by atoms with Gasteiger partial charge in [-0.25, -0.2) is 0 Å². The van der Waals surface area contributed by atoms with E-state index in [1.54, 1.807) is 0 Å². The molecule has 0 aromatic heterocycles. The molecule has 0 aliphatic heterocycles. The van der Waals surface area contributed by atoms with Crippen molar-refractivity contribution in [2.75, 3.05) is 13.2 Å². The van der Waals surface area contributed by atoms with Gasteiger partial charge < -0.3 is 9.47 Å². The summed E-state index contributed by atoms with van der Waals surface area (Å²) in [5.41, 5.74) is 2.42. The molecule has 0 spiro atoms. The maximum absolute atomic E-state index is 5.70. The molecule has 0 bridgehead atoms. The van der Waals surface area contributed by atoms with Crippen LogP contribution in [0.2, 0.25) is 0 Å². The van der Waals surface area contributed by atoms with Crippen LogP contribution in [0.5, 0.6) is 0 Å². The van der Waals surface area contributed by atoms with Gasteiger partial charge in [0, 0.05) is 0 Å². The molecule has 3 heteroatoms. The van der Waals surface area contributed by atoms with Crippen LogP contribution in [0.15, 0.2) is 60.7 Å². The van der Waals surface area contributed by atoms with Crippen LogP contribution in [-0.4, -0.2) is 17.1 Å². The smallest absolute Gasteiger partial charge is 0.0717 e. The lowest BCUT2D eigenvalue weighted by Crippen LogP contribution is -2.15. The minimum Gasteiger partial charge on any atom is -0.376 e. The first-order valence-corrected chi connectivity index (χ1v) is 7.96. The molecule has 0 radical (unpaired) electrons. The van der Waals surface area contributed by atoms with E-state index in [0.717, 1.165) is 0 Å². The number of ether oxygens (including phenoxy) is 2. The average Bonchev–Trinajstić information content (AvgIpc) is 2.49. The molecule has 2 rings (SSSR count). The molecule has 0 aliphatic carbocycles. The molecule has 0 aliphatic rings. The molecular weight excluding hydrogens is 363 g/mol. The van der Waals surface area contributed by atoms with Crippen molar-refractivity contribution in [1.29, 1.82) is 0 Å². The molecule has 2 aromatic carbocycles. The van der Waals surface area contributed by atoms with Crippen LogP contribution < -0.4 is 0 Å². The molecule has 0 saturated carbocycles. The van der Waals surface area contributed by atoms with Crippen LogP contribution in [0.25, 0.3) is 0 Å². The fourth-order valence-corrected chi connectivity index (χ4v) is 2.31. The molecule has 0 saturated heterocycles. The van der Waals surface area contributed by atoms with Crippen LogP contribution >= 0.6 is 22.6 Å². The van der Waals surface area contributed by atoms with E-state index in [-0.39, 0.29) is 0 Å². The predicted molar refractivity (Wildman–Crippen MR) is 90.0 cm³/mol. The fraction of sp³-hybridized carbons (Fsp3) is 0.294. The zero-order valence-corrected chi connectivity index (χ0v) is 13.5. The van der Waals surface area contributed by atoms with E-state index in [1.165, 1.54) is 11.1 Å². The molecule has 0 fully saturated rings. The van der Waals surface area contributed by atoms with E-state index in [4.69, 9.17) is 9.47 Å². The lowest BCUT2D eigenvalue weighted by Gasteiger charge is -2.11. The molecule has 0 N–H and O–H groups in total. The Labute approximate surface area is 134 Å². The van der Waals surface area contributed by atoms with Gasteiger partial charge in [-0.15, -0.1) is 0 Å². The van der Waals surface area contributed by atoms with Crippen molar-refractivity contribution < 1.29 is 9.47 Å². The van der Waals surface area contributed by atoms with Gasteiger partial charge in [-0.1, -0.05) is 83.3 Å². The maximum atomic E-state index is 5.70. The Morgan fingerprint density at radius 3 is 1.50 bits per heavy atom. The van der Waals surface area contributed by atoms with Crippen molar-refractivity contribution in [2.24, 2.45) is 0 Å². The number of benzene rings is 2. The maximum Gasteiger partial charge on any atom is 0.0717 e. The Bertz CT molecular complexity index is 427. The zero-order valence-electron chi connectivity index (χ0n) is 11.4. The Hall–Kier alpha value is -0.910. The Morgan fingerprint density at radius 1 is 0.700 bits per heavy atom. The standard InChI is InChI=1S/C17H19IO2/c18-17(13-19-11-15-7-3-1-4-8-15)14-20-12-16-9-5-2-6-10-16/h1-10,17H,11-14H2. The summed E-state index contributed by atoms with van der Waals surface area (Å²) >= 11 is 2.38. The van der Waals surface area contributed by atoms with Crippen molar-refractivity contribution in [3.63, 3.8) is 0 Å². The number of hydrogen-bond acceptors (Lipinski definition) is 2. The highest BCUT2D eigenvalue weighted by atomic mass is 127. The van der Waals surface area contributed by atoms with Crippen LogP contribution in [0.1, 0.15) is 11.1 Å². The Balaban J connectivity index is 1.58. The van der Waals surface area contributed by atoms with Crippen molar-refractivity contribution in [2.45, 2.75) is 17.1 Å².